The van der Waals surface area contributed by atoms with Gasteiger partial charge in [0.15, 0.2) is 0 Å². The van der Waals surface area contributed by atoms with Crippen LogP contribution in [-0.2, 0) is 19.7 Å². The maximum atomic E-state index is 6.04. The van der Waals surface area contributed by atoms with Crippen molar-refractivity contribution in [2.45, 2.75) is 19.7 Å². The Bertz CT molecular complexity index is 772. The van der Waals surface area contributed by atoms with Crippen LogP contribution in [0.1, 0.15) is 11.4 Å². The molecule has 1 N–H and O–H groups in total. The predicted molar refractivity (Wildman–Crippen MR) is 90.1 cm³/mol. The zero-order chi connectivity index (χ0) is 15.5. The number of nitrogens with one attached hydrogen (secondary N) is 1. The average Bonchev–Trinajstić information content (AvgIpc) is 3.05. The van der Waals surface area contributed by atoms with Gasteiger partial charge < -0.3 is 14.6 Å². The third-order valence-electron chi connectivity index (χ3n) is 4.07. The molecule has 0 bridgehead atoms. The van der Waals surface area contributed by atoms with Crippen molar-refractivity contribution in [3.8, 4) is 17.0 Å². The molecule has 0 unspecified atom stereocenters. The standard InChI is InChI=1S/C19H19N3O/c1-2-6-15(7-3-1)14-23-18-9-5-4-8-16(18)17-13-22-11-10-20-12-19(22)21-17/h1-9,13,20H,10-12,14H2. The highest BCUT2D eigenvalue weighted by molar-refractivity contribution is 5.66. The van der Waals surface area contributed by atoms with E-state index in [1.165, 1.54) is 0 Å². The number of benzene rings is 2. The van der Waals surface area contributed by atoms with E-state index < -0.39 is 0 Å². The normalized spacial score (nSPS) is 13.6. The molecule has 0 amide bonds. The topological polar surface area (TPSA) is 39.1 Å². The van der Waals surface area contributed by atoms with Crippen LogP contribution in [0.3, 0.4) is 0 Å². The van der Waals surface area contributed by atoms with Crippen molar-refractivity contribution >= 4 is 0 Å². The van der Waals surface area contributed by atoms with E-state index in [9.17, 15) is 0 Å². The fourth-order valence-electron chi connectivity index (χ4n) is 2.86. The van der Waals surface area contributed by atoms with Crippen LogP contribution in [0.25, 0.3) is 11.3 Å². The summed E-state index contributed by atoms with van der Waals surface area (Å²) < 4.78 is 8.27. The Hall–Kier alpha value is -2.59. The molecule has 0 atom stereocenters. The number of rotatable bonds is 4. The molecule has 116 valence electrons. The molecular formula is C19H19N3O. The van der Waals surface area contributed by atoms with E-state index >= 15 is 0 Å². The molecule has 4 heteroatoms. The number of aromatic nitrogens is 2. The minimum atomic E-state index is 0.562. The van der Waals surface area contributed by atoms with Gasteiger partial charge in [-0.15, -0.1) is 0 Å². The highest BCUT2D eigenvalue weighted by Crippen LogP contribution is 2.30. The molecule has 0 spiro atoms. The van der Waals surface area contributed by atoms with Crippen LogP contribution in [0.15, 0.2) is 60.8 Å². The lowest BCUT2D eigenvalue weighted by Crippen LogP contribution is -2.27. The first-order chi connectivity index (χ1) is 11.4. The summed E-state index contributed by atoms with van der Waals surface area (Å²) in [4.78, 5) is 4.76. The quantitative estimate of drug-likeness (QED) is 0.804. The fraction of sp³-hybridized carbons (Fsp3) is 0.211. The summed E-state index contributed by atoms with van der Waals surface area (Å²) in [6.45, 7) is 3.35. The number of fused-ring (bicyclic) bond motifs is 1. The van der Waals surface area contributed by atoms with Crippen LogP contribution in [-0.4, -0.2) is 16.1 Å². The van der Waals surface area contributed by atoms with Crippen LogP contribution in [0.4, 0.5) is 0 Å². The molecule has 0 saturated carbocycles. The molecule has 2 aromatic carbocycles. The molecular weight excluding hydrogens is 286 g/mol. The first kappa shape index (κ1) is 14.0. The Labute approximate surface area is 135 Å². The third kappa shape index (κ3) is 2.98. The van der Waals surface area contributed by atoms with Crippen LogP contribution in [0, 0.1) is 0 Å². The van der Waals surface area contributed by atoms with Gasteiger partial charge in [0.05, 0.1) is 12.2 Å². The number of ether oxygens (including phenoxy) is 1. The Morgan fingerprint density at radius 2 is 1.87 bits per heavy atom. The van der Waals surface area contributed by atoms with Gasteiger partial charge in [-0.2, -0.15) is 0 Å². The summed E-state index contributed by atoms with van der Waals surface area (Å²) in [5.41, 5.74) is 3.19. The highest BCUT2D eigenvalue weighted by Gasteiger charge is 2.15. The van der Waals surface area contributed by atoms with Crippen LogP contribution >= 0.6 is 0 Å². The molecule has 0 fully saturated rings. The lowest BCUT2D eigenvalue weighted by atomic mass is 10.1. The van der Waals surface area contributed by atoms with Gasteiger partial charge in [0.2, 0.25) is 0 Å². The van der Waals surface area contributed by atoms with Gasteiger partial charge in [0, 0.05) is 24.8 Å². The van der Waals surface area contributed by atoms with Crippen LogP contribution in [0.5, 0.6) is 5.75 Å². The van der Waals surface area contributed by atoms with Gasteiger partial charge in [-0.1, -0.05) is 42.5 Å². The summed E-state index contributed by atoms with van der Waals surface area (Å²) in [6, 6.07) is 18.3. The minimum absolute atomic E-state index is 0.562. The maximum Gasteiger partial charge on any atom is 0.129 e. The molecule has 0 radical (unpaired) electrons. The zero-order valence-corrected chi connectivity index (χ0v) is 12.9. The smallest absolute Gasteiger partial charge is 0.129 e. The lowest BCUT2D eigenvalue weighted by molar-refractivity contribution is 0.307. The second-order valence-corrected chi connectivity index (χ2v) is 5.68. The fourth-order valence-corrected chi connectivity index (χ4v) is 2.86. The molecule has 0 aliphatic carbocycles. The van der Waals surface area contributed by atoms with Crippen molar-refractivity contribution in [2.24, 2.45) is 0 Å². The van der Waals surface area contributed by atoms with E-state index in [1.54, 1.807) is 0 Å². The number of hydrogen-bond acceptors (Lipinski definition) is 3. The Kier molecular flexibility index (Phi) is 3.82. The van der Waals surface area contributed by atoms with E-state index in [4.69, 9.17) is 9.72 Å². The largest absolute Gasteiger partial charge is 0.488 e. The predicted octanol–water partition coefficient (Wildman–Crippen LogP) is 3.23. The van der Waals surface area contributed by atoms with E-state index in [1.807, 2.05) is 36.4 Å². The third-order valence-corrected chi connectivity index (χ3v) is 4.07. The maximum absolute atomic E-state index is 6.04. The van der Waals surface area contributed by atoms with E-state index in [2.05, 4.69) is 34.3 Å². The van der Waals surface area contributed by atoms with Crippen molar-refractivity contribution in [1.29, 1.82) is 0 Å². The molecule has 2 heterocycles. The summed E-state index contributed by atoms with van der Waals surface area (Å²) in [5, 5.41) is 3.35. The number of hydrogen-bond donors (Lipinski definition) is 1. The molecule has 0 saturated heterocycles. The van der Waals surface area contributed by atoms with E-state index in [-0.39, 0.29) is 0 Å². The van der Waals surface area contributed by atoms with Crippen LogP contribution in [0.2, 0.25) is 0 Å². The second kappa shape index (κ2) is 6.26. The van der Waals surface area contributed by atoms with Gasteiger partial charge in [-0.3, -0.25) is 0 Å². The summed E-state index contributed by atoms with van der Waals surface area (Å²) in [7, 11) is 0. The van der Waals surface area contributed by atoms with Crippen molar-refractivity contribution in [1.82, 2.24) is 14.9 Å². The molecule has 23 heavy (non-hydrogen) atoms. The highest BCUT2D eigenvalue weighted by atomic mass is 16.5. The van der Waals surface area contributed by atoms with Gasteiger partial charge >= 0.3 is 0 Å². The van der Waals surface area contributed by atoms with Crippen molar-refractivity contribution in [3.05, 3.63) is 72.2 Å². The first-order valence-corrected chi connectivity index (χ1v) is 7.93. The molecule has 1 aliphatic rings. The van der Waals surface area contributed by atoms with Crippen molar-refractivity contribution in [2.75, 3.05) is 6.54 Å². The summed E-state index contributed by atoms with van der Waals surface area (Å²) in [5.74, 6) is 1.96. The van der Waals surface area contributed by atoms with Crippen molar-refractivity contribution in [3.63, 3.8) is 0 Å². The number of nitrogens with zero attached hydrogens (tertiary/aromatic N) is 2. The van der Waals surface area contributed by atoms with E-state index in [0.29, 0.717) is 6.61 Å². The summed E-state index contributed by atoms with van der Waals surface area (Å²) in [6.07, 6.45) is 2.13. The van der Waals surface area contributed by atoms with Gasteiger partial charge in [0.1, 0.15) is 18.2 Å². The Balaban J connectivity index is 1.60. The SMILES string of the molecule is c1ccc(COc2ccccc2-c2cn3c(n2)CNCC3)cc1. The van der Waals surface area contributed by atoms with Gasteiger partial charge in [-0.05, 0) is 17.7 Å². The summed E-state index contributed by atoms with van der Waals surface area (Å²) >= 11 is 0. The molecule has 1 aromatic heterocycles. The monoisotopic (exact) mass is 305 g/mol. The van der Waals surface area contributed by atoms with Gasteiger partial charge in [-0.25, -0.2) is 4.98 Å². The number of para-hydroxylation sites is 1. The number of imidazole rings is 1. The zero-order valence-electron chi connectivity index (χ0n) is 12.9. The molecule has 1 aliphatic heterocycles. The Morgan fingerprint density at radius 1 is 1.04 bits per heavy atom. The second-order valence-electron chi connectivity index (χ2n) is 5.68. The minimum Gasteiger partial charge on any atom is -0.488 e. The first-order valence-electron chi connectivity index (χ1n) is 7.93. The average molecular weight is 305 g/mol. The lowest BCUT2D eigenvalue weighted by Gasteiger charge is -2.13. The molecule has 3 aromatic rings. The van der Waals surface area contributed by atoms with E-state index in [0.717, 1.165) is 48.0 Å². The molecule has 4 nitrogen and oxygen atoms in total. The van der Waals surface area contributed by atoms with Crippen molar-refractivity contribution < 1.29 is 4.74 Å². The van der Waals surface area contributed by atoms with Gasteiger partial charge in [0.25, 0.3) is 0 Å². The van der Waals surface area contributed by atoms with Crippen LogP contribution < -0.4 is 10.1 Å². The Morgan fingerprint density at radius 3 is 2.74 bits per heavy atom. The molecule has 4 rings (SSSR count).